The predicted molar refractivity (Wildman–Crippen MR) is 92.4 cm³/mol. The zero-order valence-corrected chi connectivity index (χ0v) is 14.9. The van der Waals surface area contributed by atoms with Crippen LogP contribution in [0.5, 0.6) is 11.5 Å². The average Bonchev–Trinajstić information content (AvgIpc) is 2.48. The molecule has 0 aromatic heterocycles. The van der Waals surface area contributed by atoms with Gasteiger partial charge in [0.1, 0.15) is 11.5 Å². The Balaban J connectivity index is 2.47. The summed E-state index contributed by atoms with van der Waals surface area (Å²) < 4.78 is 12.8. The molecule has 0 radical (unpaired) electrons. The molecule has 0 aliphatic carbocycles. The van der Waals surface area contributed by atoms with Gasteiger partial charge in [-0.25, -0.2) is 0 Å². The fourth-order valence-electron chi connectivity index (χ4n) is 2.00. The Kier molecular flexibility index (Phi) is 5.29. The van der Waals surface area contributed by atoms with Gasteiger partial charge in [-0.2, -0.15) is 0 Å². The topological polar surface area (TPSA) is 44.5 Å². The van der Waals surface area contributed by atoms with Gasteiger partial charge in [0.25, 0.3) is 0 Å². The summed E-state index contributed by atoms with van der Waals surface area (Å²) in [7, 11) is 3.26. The molecule has 2 aromatic carbocycles. The lowest BCUT2D eigenvalue weighted by molar-refractivity contribution is 0.390. The van der Waals surface area contributed by atoms with Crippen LogP contribution in [0.2, 0.25) is 0 Å². The van der Waals surface area contributed by atoms with Gasteiger partial charge in [-0.1, -0.05) is 15.9 Å². The maximum atomic E-state index is 6.40. The van der Waals surface area contributed by atoms with Crippen LogP contribution in [0.4, 0.5) is 0 Å². The molecule has 0 fully saturated rings. The Morgan fingerprint density at radius 2 is 1.80 bits per heavy atom. The van der Waals surface area contributed by atoms with Crippen molar-refractivity contribution < 1.29 is 9.47 Å². The summed E-state index contributed by atoms with van der Waals surface area (Å²) in [5.74, 6) is 1.47. The third-order valence-electron chi connectivity index (χ3n) is 3.07. The summed E-state index contributed by atoms with van der Waals surface area (Å²) in [5.41, 5.74) is 8.35. The fourth-order valence-corrected chi connectivity index (χ4v) is 3.00. The van der Waals surface area contributed by atoms with Crippen molar-refractivity contribution in [2.24, 2.45) is 5.73 Å². The van der Waals surface area contributed by atoms with E-state index in [4.69, 9.17) is 15.2 Å². The molecule has 1 unspecified atom stereocenters. The monoisotopic (exact) mass is 447 g/mol. The molecule has 2 rings (SSSR count). The molecule has 0 bridgehead atoms. The summed E-state index contributed by atoms with van der Waals surface area (Å²) in [6, 6.07) is 11.5. The quantitative estimate of drug-likeness (QED) is 0.717. The van der Waals surface area contributed by atoms with Gasteiger partial charge in [0.15, 0.2) is 0 Å². The Labute approximate surface area is 140 Å². The average molecular weight is 448 g/mol. The summed E-state index contributed by atoms with van der Waals surface area (Å²) in [6.45, 7) is 0. The zero-order chi connectivity index (χ0) is 14.7. The number of rotatable bonds is 4. The highest BCUT2D eigenvalue weighted by Crippen LogP contribution is 2.34. The summed E-state index contributed by atoms with van der Waals surface area (Å²) in [5, 5.41) is 0. The largest absolute Gasteiger partial charge is 0.497 e. The maximum absolute atomic E-state index is 6.40. The molecule has 0 saturated carbocycles. The molecule has 1 atom stereocenters. The van der Waals surface area contributed by atoms with Gasteiger partial charge in [-0.15, -0.1) is 0 Å². The Bertz CT molecular complexity index is 619. The molecule has 3 nitrogen and oxygen atoms in total. The standard InChI is InChI=1S/C15H15BrINO2/c1-19-10-4-5-11(14(8-10)20-2)15(18)12-7-9(17)3-6-13(12)16/h3-8,15H,18H2,1-2H3. The predicted octanol–water partition coefficient (Wildman–Crippen LogP) is 4.12. The van der Waals surface area contributed by atoms with Crippen LogP contribution in [-0.4, -0.2) is 14.2 Å². The van der Waals surface area contributed by atoms with Crippen molar-refractivity contribution in [3.05, 3.63) is 55.6 Å². The molecule has 2 aromatic rings. The van der Waals surface area contributed by atoms with Crippen LogP contribution in [0.25, 0.3) is 0 Å². The summed E-state index contributed by atoms with van der Waals surface area (Å²) in [4.78, 5) is 0. The SMILES string of the molecule is COc1ccc(C(N)c2cc(I)ccc2Br)c(OC)c1. The van der Waals surface area contributed by atoms with E-state index in [1.54, 1.807) is 14.2 Å². The van der Waals surface area contributed by atoms with Crippen LogP contribution in [0.15, 0.2) is 40.9 Å². The maximum Gasteiger partial charge on any atom is 0.127 e. The molecule has 0 amide bonds. The third-order valence-corrected chi connectivity index (χ3v) is 4.46. The first kappa shape index (κ1) is 15.6. The Morgan fingerprint density at radius 3 is 2.45 bits per heavy atom. The fraction of sp³-hybridized carbons (Fsp3) is 0.200. The van der Waals surface area contributed by atoms with Gasteiger partial charge in [-0.3, -0.25) is 0 Å². The third kappa shape index (κ3) is 3.27. The van der Waals surface area contributed by atoms with E-state index in [2.05, 4.69) is 44.6 Å². The normalized spacial score (nSPS) is 12.1. The van der Waals surface area contributed by atoms with Crippen LogP contribution >= 0.6 is 38.5 Å². The number of hydrogen-bond acceptors (Lipinski definition) is 3. The second-order valence-corrected chi connectivity index (χ2v) is 6.35. The highest BCUT2D eigenvalue weighted by Gasteiger charge is 2.17. The lowest BCUT2D eigenvalue weighted by Gasteiger charge is -2.18. The molecule has 0 saturated heterocycles. The van der Waals surface area contributed by atoms with Gasteiger partial charge in [-0.05, 0) is 58.5 Å². The molecular formula is C15H15BrINO2. The van der Waals surface area contributed by atoms with Crippen LogP contribution in [0.1, 0.15) is 17.2 Å². The number of halogens is 2. The van der Waals surface area contributed by atoms with Gasteiger partial charge >= 0.3 is 0 Å². The minimum atomic E-state index is -0.264. The molecule has 0 aliphatic rings. The second kappa shape index (κ2) is 6.78. The number of methoxy groups -OCH3 is 2. The van der Waals surface area contributed by atoms with E-state index in [1.807, 2.05) is 30.3 Å². The van der Waals surface area contributed by atoms with E-state index < -0.39 is 0 Å². The van der Waals surface area contributed by atoms with Crippen LogP contribution in [0.3, 0.4) is 0 Å². The van der Waals surface area contributed by atoms with Crippen molar-refractivity contribution in [1.82, 2.24) is 0 Å². The van der Waals surface area contributed by atoms with Gasteiger partial charge in [0, 0.05) is 19.7 Å². The minimum Gasteiger partial charge on any atom is -0.497 e. The number of nitrogens with two attached hydrogens (primary N) is 1. The van der Waals surface area contributed by atoms with Gasteiger partial charge < -0.3 is 15.2 Å². The second-order valence-electron chi connectivity index (χ2n) is 4.25. The number of hydrogen-bond donors (Lipinski definition) is 1. The van der Waals surface area contributed by atoms with Crippen molar-refractivity contribution in [2.75, 3.05) is 14.2 Å². The highest BCUT2D eigenvalue weighted by atomic mass is 127. The molecule has 0 spiro atoms. The summed E-state index contributed by atoms with van der Waals surface area (Å²) >= 11 is 5.83. The van der Waals surface area contributed by atoms with Crippen LogP contribution in [0, 0.1) is 3.57 Å². The first-order valence-corrected chi connectivity index (χ1v) is 7.86. The van der Waals surface area contributed by atoms with Crippen molar-refractivity contribution in [3.63, 3.8) is 0 Å². The van der Waals surface area contributed by atoms with Crippen molar-refractivity contribution in [1.29, 1.82) is 0 Å². The molecule has 5 heteroatoms. The molecule has 20 heavy (non-hydrogen) atoms. The minimum absolute atomic E-state index is 0.264. The smallest absolute Gasteiger partial charge is 0.127 e. The van der Waals surface area contributed by atoms with Gasteiger partial charge in [0.2, 0.25) is 0 Å². The van der Waals surface area contributed by atoms with E-state index in [-0.39, 0.29) is 6.04 Å². The zero-order valence-electron chi connectivity index (χ0n) is 11.2. The highest BCUT2D eigenvalue weighted by molar-refractivity contribution is 14.1. The Hall–Kier alpha value is -0.790. The first-order valence-electron chi connectivity index (χ1n) is 5.99. The van der Waals surface area contributed by atoms with Crippen molar-refractivity contribution in [2.45, 2.75) is 6.04 Å². The molecule has 106 valence electrons. The molecule has 2 N–H and O–H groups in total. The van der Waals surface area contributed by atoms with E-state index in [1.165, 1.54) is 0 Å². The van der Waals surface area contributed by atoms with Crippen molar-refractivity contribution >= 4 is 38.5 Å². The van der Waals surface area contributed by atoms with Gasteiger partial charge in [0.05, 0.1) is 20.3 Å². The number of ether oxygens (including phenoxy) is 2. The van der Waals surface area contributed by atoms with Crippen LogP contribution in [-0.2, 0) is 0 Å². The van der Waals surface area contributed by atoms with E-state index in [0.29, 0.717) is 0 Å². The van der Waals surface area contributed by atoms with E-state index in [9.17, 15) is 0 Å². The molecular weight excluding hydrogens is 433 g/mol. The number of benzene rings is 2. The Morgan fingerprint density at radius 1 is 1.05 bits per heavy atom. The van der Waals surface area contributed by atoms with E-state index in [0.717, 1.165) is 30.7 Å². The molecule has 0 heterocycles. The lowest BCUT2D eigenvalue weighted by atomic mass is 9.98. The van der Waals surface area contributed by atoms with Crippen molar-refractivity contribution in [3.8, 4) is 11.5 Å². The molecule has 0 aliphatic heterocycles. The first-order chi connectivity index (χ1) is 9.56. The van der Waals surface area contributed by atoms with Crippen LogP contribution < -0.4 is 15.2 Å². The lowest BCUT2D eigenvalue weighted by Crippen LogP contribution is -2.14. The van der Waals surface area contributed by atoms with E-state index >= 15 is 0 Å². The summed E-state index contributed by atoms with van der Waals surface area (Å²) in [6.07, 6.45) is 0.